The van der Waals surface area contributed by atoms with E-state index in [0.29, 0.717) is 25.7 Å². The quantitative estimate of drug-likeness (QED) is 0.769. The van der Waals surface area contributed by atoms with Crippen LogP contribution in [0.25, 0.3) is 0 Å². The minimum absolute atomic E-state index is 0.0616. The molecule has 0 radical (unpaired) electrons. The first-order valence-electron chi connectivity index (χ1n) is 8.96. The van der Waals surface area contributed by atoms with Gasteiger partial charge in [-0.2, -0.15) is 0 Å². The van der Waals surface area contributed by atoms with Crippen LogP contribution in [0.4, 0.5) is 4.39 Å². The topological polar surface area (TPSA) is 82.1 Å². The second-order valence-corrected chi connectivity index (χ2v) is 8.17. The van der Waals surface area contributed by atoms with Crippen LogP contribution in [0.5, 0.6) is 11.5 Å². The van der Waals surface area contributed by atoms with Crippen molar-refractivity contribution in [2.45, 2.75) is 65.1 Å². The number of carboxylic acids is 1. The van der Waals surface area contributed by atoms with E-state index in [-0.39, 0.29) is 29.1 Å². The van der Waals surface area contributed by atoms with E-state index in [1.165, 1.54) is 7.11 Å². The highest BCUT2D eigenvalue weighted by Gasteiger charge is 2.41. The highest BCUT2D eigenvalue weighted by molar-refractivity contribution is 5.91. The third-order valence-corrected chi connectivity index (χ3v) is 4.71. The van der Waals surface area contributed by atoms with Crippen LogP contribution >= 0.6 is 0 Å². The van der Waals surface area contributed by atoms with Gasteiger partial charge >= 0.3 is 11.9 Å². The molecule has 150 valence electrons. The summed E-state index contributed by atoms with van der Waals surface area (Å²) in [6.45, 7) is 7.36. The molecule has 1 N–H and O–H groups in total. The number of rotatable bonds is 5. The number of esters is 1. The number of benzene rings is 1. The average Bonchev–Trinajstić information content (AvgIpc) is 2.56. The Bertz CT molecular complexity index is 714. The maximum atomic E-state index is 14.2. The van der Waals surface area contributed by atoms with Gasteiger partial charge in [-0.05, 0) is 53.4 Å². The van der Waals surface area contributed by atoms with Gasteiger partial charge in [0.15, 0.2) is 11.6 Å². The van der Waals surface area contributed by atoms with Crippen molar-refractivity contribution in [1.82, 2.24) is 0 Å². The summed E-state index contributed by atoms with van der Waals surface area (Å²) < 4.78 is 30.3. The maximum absolute atomic E-state index is 14.2. The van der Waals surface area contributed by atoms with Crippen LogP contribution < -0.4 is 9.47 Å². The monoisotopic (exact) mass is 382 g/mol. The van der Waals surface area contributed by atoms with Crippen molar-refractivity contribution in [2.24, 2.45) is 5.41 Å². The first kappa shape index (κ1) is 21.0. The Morgan fingerprint density at radius 3 is 2.26 bits per heavy atom. The molecule has 0 unspecified atom stereocenters. The fraction of sp³-hybridized carbons (Fsp3) is 0.600. The smallest absolute Gasteiger partial charge is 0.339 e. The van der Waals surface area contributed by atoms with Crippen LogP contribution in [0.2, 0.25) is 0 Å². The second kappa shape index (κ2) is 7.74. The van der Waals surface area contributed by atoms with Crippen molar-refractivity contribution in [2.75, 3.05) is 7.11 Å². The van der Waals surface area contributed by atoms with E-state index in [0.717, 1.165) is 12.1 Å². The highest BCUT2D eigenvalue weighted by Crippen LogP contribution is 2.40. The normalized spacial score (nSPS) is 22.8. The summed E-state index contributed by atoms with van der Waals surface area (Å²) in [7, 11) is 1.28. The predicted molar refractivity (Wildman–Crippen MR) is 96.7 cm³/mol. The van der Waals surface area contributed by atoms with Crippen LogP contribution in [-0.2, 0) is 9.53 Å². The average molecular weight is 382 g/mol. The molecular weight excluding hydrogens is 355 g/mol. The maximum Gasteiger partial charge on any atom is 0.339 e. The molecule has 6 nitrogen and oxygen atoms in total. The molecule has 27 heavy (non-hydrogen) atoms. The lowest BCUT2D eigenvalue weighted by molar-refractivity contribution is -0.169. The third-order valence-electron chi connectivity index (χ3n) is 4.71. The van der Waals surface area contributed by atoms with Crippen molar-refractivity contribution in [3.63, 3.8) is 0 Å². The van der Waals surface area contributed by atoms with Crippen molar-refractivity contribution in [3.8, 4) is 11.5 Å². The molecule has 0 aromatic heterocycles. The van der Waals surface area contributed by atoms with Crippen molar-refractivity contribution >= 4 is 11.9 Å². The zero-order chi connectivity index (χ0) is 20.4. The Kier molecular flexibility index (Phi) is 6.02. The molecule has 1 aliphatic carbocycles. The van der Waals surface area contributed by atoms with E-state index in [9.17, 15) is 19.1 Å². The van der Waals surface area contributed by atoms with Crippen LogP contribution in [0.3, 0.4) is 0 Å². The van der Waals surface area contributed by atoms with Crippen molar-refractivity contribution < 1.29 is 33.3 Å². The largest absolute Gasteiger partial charge is 0.496 e. The molecule has 0 aliphatic heterocycles. The minimum atomic E-state index is -1.22. The van der Waals surface area contributed by atoms with Crippen molar-refractivity contribution in [3.05, 3.63) is 23.5 Å². The van der Waals surface area contributed by atoms with Crippen LogP contribution in [0.15, 0.2) is 12.1 Å². The van der Waals surface area contributed by atoms with Gasteiger partial charge in [0.2, 0.25) is 0 Å². The lowest BCUT2D eigenvalue weighted by atomic mass is 9.74. The van der Waals surface area contributed by atoms with Gasteiger partial charge in [0, 0.05) is 12.1 Å². The third kappa shape index (κ3) is 5.11. The molecule has 1 saturated carbocycles. The van der Waals surface area contributed by atoms with E-state index < -0.39 is 22.8 Å². The number of hydrogen-bond acceptors (Lipinski definition) is 5. The van der Waals surface area contributed by atoms with Gasteiger partial charge in [-0.1, -0.05) is 0 Å². The molecule has 0 bridgehead atoms. The van der Waals surface area contributed by atoms with Crippen molar-refractivity contribution in [1.29, 1.82) is 0 Å². The zero-order valence-electron chi connectivity index (χ0n) is 16.4. The van der Waals surface area contributed by atoms with Gasteiger partial charge in [0.05, 0.1) is 18.6 Å². The molecule has 0 atom stereocenters. The fourth-order valence-electron chi connectivity index (χ4n) is 3.09. The van der Waals surface area contributed by atoms with Gasteiger partial charge in [-0.3, -0.25) is 4.79 Å². The number of carbonyl (C=O) groups excluding carboxylic acids is 1. The molecule has 0 heterocycles. The summed E-state index contributed by atoms with van der Waals surface area (Å²) in [4.78, 5) is 23.7. The van der Waals surface area contributed by atoms with Gasteiger partial charge in [0.25, 0.3) is 0 Å². The molecule has 7 heteroatoms. The number of methoxy groups -OCH3 is 1. The van der Waals surface area contributed by atoms with Crippen LogP contribution in [-0.4, -0.2) is 35.9 Å². The van der Waals surface area contributed by atoms with E-state index in [4.69, 9.17) is 14.2 Å². The molecule has 2 rings (SSSR count). The number of aromatic carboxylic acids is 1. The lowest BCUT2D eigenvalue weighted by Crippen LogP contribution is -2.40. The molecular formula is C20H27FO6. The Balaban J connectivity index is 2.06. The molecule has 0 spiro atoms. The second-order valence-electron chi connectivity index (χ2n) is 8.17. The van der Waals surface area contributed by atoms with E-state index in [2.05, 4.69) is 0 Å². The van der Waals surface area contributed by atoms with Gasteiger partial charge in [-0.25, -0.2) is 9.18 Å². The Hall–Kier alpha value is -2.31. The number of carboxylic acid groups (broad SMARTS) is 1. The first-order valence-corrected chi connectivity index (χ1v) is 8.96. The summed E-state index contributed by atoms with van der Waals surface area (Å²) in [6, 6.07) is 2.14. The predicted octanol–water partition coefficient (Wildman–Crippen LogP) is 4.20. The van der Waals surface area contributed by atoms with E-state index in [1.807, 2.05) is 27.7 Å². The Morgan fingerprint density at radius 2 is 1.78 bits per heavy atom. The summed E-state index contributed by atoms with van der Waals surface area (Å²) in [6.07, 6.45) is 1.89. The summed E-state index contributed by atoms with van der Waals surface area (Å²) in [5.74, 6) is -2.33. The number of ether oxygens (including phenoxy) is 3. The first-order chi connectivity index (χ1) is 12.4. The number of hydrogen-bond donors (Lipinski definition) is 1. The zero-order valence-corrected chi connectivity index (χ0v) is 16.4. The SMILES string of the molecule is COc1cc(F)c(OC2CCC(C)(C(=O)OC(C)(C)C)CC2)cc1C(=O)O. The van der Waals surface area contributed by atoms with Crippen LogP contribution in [0.1, 0.15) is 63.7 Å². The summed E-state index contributed by atoms with van der Waals surface area (Å²) in [5.41, 5.74) is -1.31. The Labute approximate surface area is 158 Å². The number of halogens is 1. The Morgan fingerprint density at radius 1 is 1.19 bits per heavy atom. The van der Waals surface area contributed by atoms with E-state index >= 15 is 0 Å². The fourth-order valence-corrected chi connectivity index (χ4v) is 3.09. The molecule has 1 fully saturated rings. The van der Waals surface area contributed by atoms with Crippen LogP contribution in [0, 0.1) is 11.2 Å². The summed E-state index contributed by atoms with van der Waals surface area (Å²) >= 11 is 0. The van der Waals surface area contributed by atoms with Gasteiger partial charge < -0.3 is 19.3 Å². The van der Waals surface area contributed by atoms with E-state index in [1.54, 1.807) is 0 Å². The molecule has 0 amide bonds. The standard InChI is InChI=1S/C20H27FO6/c1-19(2,3)27-18(24)20(4)8-6-12(7-9-20)26-16-10-13(17(22)23)15(25-5)11-14(16)21/h10-12H,6-9H2,1-5H3,(H,22,23). The van der Waals surface area contributed by atoms with Gasteiger partial charge in [0.1, 0.15) is 16.9 Å². The molecule has 1 aliphatic rings. The molecule has 0 saturated heterocycles. The lowest BCUT2D eigenvalue weighted by Gasteiger charge is -2.37. The molecule has 1 aromatic rings. The molecule has 1 aromatic carbocycles. The number of carbonyl (C=O) groups is 2. The summed E-state index contributed by atoms with van der Waals surface area (Å²) in [5, 5.41) is 9.23. The highest BCUT2D eigenvalue weighted by atomic mass is 19.1. The van der Waals surface area contributed by atoms with Gasteiger partial charge in [-0.15, -0.1) is 0 Å². The minimum Gasteiger partial charge on any atom is -0.496 e.